The van der Waals surface area contributed by atoms with Crippen LogP contribution in [0.4, 0.5) is 11.6 Å². The van der Waals surface area contributed by atoms with Crippen LogP contribution >= 0.6 is 0 Å². The second-order valence-electron chi connectivity index (χ2n) is 5.95. The Hall–Kier alpha value is -2.47. The van der Waals surface area contributed by atoms with Crippen molar-refractivity contribution >= 4 is 17.5 Å². The number of anilines is 2. The fraction of sp³-hybridized carbons (Fsp3) is 0.421. The Labute approximate surface area is 148 Å². The van der Waals surface area contributed by atoms with Crippen molar-refractivity contribution in [1.29, 1.82) is 0 Å². The molecule has 0 saturated carbocycles. The van der Waals surface area contributed by atoms with Crippen LogP contribution in [0.1, 0.15) is 35.5 Å². The van der Waals surface area contributed by atoms with Crippen LogP contribution in [0.3, 0.4) is 0 Å². The van der Waals surface area contributed by atoms with Crippen molar-refractivity contribution in [1.82, 2.24) is 9.97 Å². The summed E-state index contributed by atoms with van der Waals surface area (Å²) in [5, 5.41) is 3.05. The number of amides is 1. The van der Waals surface area contributed by atoms with Gasteiger partial charge in [-0.3, -0.25) is 4.79 Å². The fourth-order valence-corrected chi connectivity index (χ4v) is 2.97. The molecule has 3 rings (SSSR count). The van der Waals surface area contributed by atoms with Gasteiger partial charge in [0.05, 0.1) is 13.2 Å². The summed E-state index contributed by atoms with van der Waals surface area (Å²) in [6, 6.07) is 7.79. The monoisotopic (exact) mass is 340 g/mol. The first-order valence-corrected chi connectivity index (χ1v) is 8.80. The molecule has 6 heteroatoms. The Morgan fingerprint density at radius 3 is 2.48 bits per heavy atom. The van der Waals surface area contributed by atoms with E-state index in [2.05, 4.69) is 29.1 Å². The second kappa shape index (κ2) is 8.07. The SMILES string of the molecule is CCc1cccc(CC)c1NC(=O)c1ccnc(N2CCOCC2)n1. The number of carbonyl (C=O) groups is 1. The summed E-state index contributed by atoms with van der Waals surface area (Å²) in [7, 11) is 0. The van der Waals surface area contributed by atoms with Gasteiger partial charge in [0, 0.05) is 25.0 Å². The minimum atomic E-state index is -0.201. The van der Waals surface area contributed by atoms with Crippen LogP contribution in [0.5, 0.6) is 0 Å². The summed E-state index contributed by atoms with van der Waals surface area (Å²) in [4.78, 5) is 23.5. The number of benzene rings is 1. The topological polar surface area (TPSA) is 67.4 Å². The number of ether oxygens (including phenoxy) is 1. The van der Waals surface area contributed by atoms with Crippen molar-refractivity contribution in [3.63, 3.8) is 0 Å². The number of hydrogen-bond donors (Lipinski definition) is 1. The average molecular weight is 340 g/mol. The maximum Gasteiger partial charge on any atom is 0.274 e. The lowest BCUT2D eigenvalue weighted by molar-refractivity contribution is 0.102. The molecule has 0 bridgehead atoms. The highest BCUT2D eigenvalue weighted by molar-refractivity contribution is 6.03. The van der Waals surface area contributed by atoms with Gasteiger partial charge in [-0.25, -0.2) is 9.97 Å². The lowest BCUT2D eigenvalue weighted by Gasteiger charge is -2.26. The molecule has 2 aromatic rings. The number of rotatable bonds is 5. The molecule has 25 heavy (non-hydrogen) atoms. The predicted molar refractivity (Wildman–Crippen MR) is 98.2 cm³/mol. The maximum atomic E-state index is 12.7. The Balaban J connectivity index is 1.82. The summed E-state index contributed by atoms with van der Waals surface area (Å²) in [5.74, 6) is 0.378. The van der Waals surface area contributed by atoms with Gasteiger partial charge in [-0.2, -0.15) is 0 Å². The van der Waals surface area contributed by atoms with E-state index < -0.39 is 0 Å². The van der Waals surface area contributed by atoms with Gasteiger partial charge in [0.25, 0.3) is 5.91 Å². The van der Waals surface area contributed by atoms with Crippen LogP contribution in [-0.2, 0) is 17.6 Å². The minimum Gasteiger partial charge on any atom is -0.378 e. The molecule has 132 valence electrons. The van der Waals surface area contributed by atoms with E-state index in [1.54, 1.807) is 12.3 Å². The summed E-state index contributed by atoms with van der Waals surface area (Å²) in [6.07, 6.45) is 3.37. The Bertz CT molecular complexity index is 720. The molecule has 6 nitrogen and oxygen atoms in total. The molecular formula is C19H24N4O2. The van der Waals surface area contributed by atoms with Gasteiger partial charge in [0.15, 0.2) is 0 Å². The van der Waals surface area contributed by atoms with Crippen molar-refractivity contribution in [2.45, 2.75) is 26.7 Å². The van der Waals surface area contributed by atoms with Crippen LogP contribution in [0.2, 0.25) is 0 Å². The smallest absolute Gasteiger partial charge is 0.274 e. The molecule has 1 aromatic carbocycles. The Morgan fingerprint density at radius 1 is 1.16 bits per heavy atom. The van der Waals surface area contributed by atoms with E-state index in [0.29, 0.717) is 24.9 Å². The summed E-state index contributed by atoms with van der Waals surface area (Å²) in [5.41, 5.74) is 3.55. The molecule has 1 aliphatic heterocycles. The molecule has 1 N–H and O–H groups in total. The fourth-order valence-electron chi connectivity index (χ4n) is 2.97. The molecular weight excluding hydrogens is 316 g/mol. The Morgan fingerprint density at radius 2 is 1.84 bits per heavy atom. The average Bonchev–Trinajstić information content (AvgIpc) is 2.69. The van der Waals surface area contributed by atoms with E-state index >= 15 is 0 Å². The molecule has 2 heterocycles. The molecule has 1 fully saturated rings. The van der Waals surface area contributed by atoms with Crippen LogP contribution in [0, 0.1) is 0 Å². The maximum absolute atomic E-state index is 12.7. The number of morpholine rings is 1. The lowest BCUT2D eigenvalue weighted by Crippen LogP contribution is -2.37. The summed E-state index contributed by atoms with van der Waals surface area (Å²) in [6.45, 7) is 6.97. The van der Waals surface area contributed by atoms with Crippen molar-refractivity contribution in [2.24, 2.45) is 0 Å². The number of aromatic nitrogens is 2. The van der Waals surface area contributed by atoms with Gasteiger partial charge in [-0.05, 0) is 30.0 Å². The zero-order chi connectivity index (χ0) is 17.6. The minimum absolute atomic E-state index is 0.201. The van der Waals surface area contributed by atoms with Crippen LogP contribution in [-0.4, -0.2) is 42.2 Å². The van der Waals surface area contributed by atoms with Gasteiger partial charge in [-0.15, -0.1) is 0 Å². The molecule has 1 amide bonds. The molecule has 0 spiro atoms. The standard InChI is InChI=1S/C19H24N4O2/c1-3-14-6-5-7-15(4-2)17(14)22-18(24)16-8-9-20-19(21-16)23-10-12-25-13-11-23/h5-9H,3-4,10-13H2,1-2H3,(H,22,24). The van der Waals surface area contributed by atoms with Crippen LogP contribution in [0.15, 0.2) is 30.5 Å². The van der Waals surface area contributed by atoms with E-state index in [9.17, 15) is 4.79 Å². The van der Waals surface area contributed by atoms with Gasteiger partial charge < -0.3 is 15.0 Å². The molecule has 0 atom stereocenters. The van der Waals surface area contributed by atoms with Crippen LogP contribution < -0.4 is 10.2 Å². The second-order valence-corrected chi connectivity index (χ2v) is 5.95. The van der Waals surface area contributed by atoms with Gasteiger partial charge in [0.2, 0.25) is 5.95 Å². The van der Waals surface area contributed by atoms with E-state index in [1.165, 1.54) is 0 Å². The molecule has 1 aromatic heterocycles. The number of nitrogens with zero attached hydrogens (tertiary/aromatic N) is 3. The first kappa shape index (κ1) is 17.4. The molecule has 0 radical (unpaired) electrons. The zero-order valence-electron chi connectivity index (χ0n) is 14.8. The van der Waals surface area contributed by atoms with Gasteiger partial charge in [-0.1, -0.05) is 32.0 Å². The number of hydrogen-bond acceptors (Lipinski definition) is 5. The number of carbonyl (C=O) groups excluding carboxylic acids is 1. The van der Waals surface area contributed by atoms with E-state index in [4.69, 9.17) is 4.74 Å². The van der Waals surface area contributed by atoms with E-state index in [-0.39, 0.29) is 5.91 Å². The van der Waals surface area contributed by atoms with Crippen molar-refractivity contribution < 1.29 is 9.53 Å². The molecule has 0 aliphatic carbocycles. The van der Waals surface area contributed by atoms with E-state index in [0.717, 1.165) is 42.7 Å². The lowest BCUT2D eigenvalue weighted by atomic mass is 10.0. The molecule has 1 saturated heterocycles. The first-order valence-electron chi connectivity index (χ1n) is 8.80. The van der Waals surface area contributed by atoms with Gasteiger partial charge >= 0.3 is 0 Å². The van der Waals surface area contributed by atoms with Crippen molar-refractivity contribution in [3.05, 3.63) is 47.3 Å². The predicted octanol–water partition coefficient (Wildman–Crippen LogP) is 2.69. The molecule has 1 aliphatic rings. The number of aryl methyl sites for hydroxylation is 2. The quantitative estimate of drug-likeness (QED) is 0.906. The highest BCUT2D eigenvalue weighted by Crippen LogP contribution is 2.23. The number of nitrogens with one attached hydrogen (secondary N) is 1. The van der Waals surface area contributed by atoms with Crippen molar-refractivity contribution in [3.8, 4) is 0 Å². The van der Waals surface area contributed by atoms with E-state index in [1.807, 2.05) is 23.1 Å². The Kier molecular flexibility index (Phi) is 5.60. The van der Waals surface area contributed by atoms with Crippen molar-refractivity contribution in [2.75, 3.05) is 36.5 Å². The highest BCUT2D eigenvalue weighted by Gasteiger charge is 2.17. The summed E-state index contributed by atoms with van der Waals surface area (Å²) < 4.78 is 5.35. The van der Waals surface area contributed by atoms with Crippen LogP contribution in [0.25, 0.3) is 0 Å². The first-order chi connectivity index (χ1) is 12.2. The third kappa shape index (κ3) is 3.96. The zero-order valence-corrected chi connectivity index (χ0v) is 14.8. The normalized spacial score (nSPS) is 14.4. The highest BCUT2D eigenvalue weighted by atomic mass is 16.5. The largest absolute Gasteiger partial charge is 0.378 e. The molecule has 0 unspecified atom stereocenters. The summed E-state index contributed by atoms with van der Waals surface area (Å²) >= 11 is 0. The third-order valence-electron chi connectivity index (χ3n) is 4.41. The van der Waals surface area contributed by atoms with Gasteiger partial charge in [0.1, 0.15) is 5.69 Å². The number of para-hydroxylation sites is 1. The third-order valence-corrected chi connectivity index (χ3v) is 4.41.